The average molecular weight is 439 g/mol. The average Bonchev–Trinajstić information content (AvgIpc) is 3.26. The summed E-state index contributed by atoms with van der Waals surface area (Å²) < 4.78 is 19.3. The summed E-state index contributed by atoms with van der Waals surface area (Å²) in [6.45, 7) is 8.54. The van der Waals surface area contributed by atoms with Crippen LogP contribution in [0.1, 0.15) is 51.5 Å². The van der Waals surface area contributed by atoms with Crippen LogP contribution in [-0.2, 0) is 10.2 Å². The van der Waals surface area contributed by atoms with Crippen molar-refractivity contribution in [3.8, 4) is 5.75 Å². The number of anilines is 1. The van der Waals surface area contributed by atoms with E-state index in [2.05, 4.69) is 24.1 Å². The fourth-order valence-corrected chi connectivity index (χ4v) is 5.55. The Bertz CT molecular complexity index is 881. The van der Waals surface area contributed by atoms with E-state index < -0.39 is 5.41 Å². The van der Waals surface area contributed by atoms with Gasteiger partial charge in [-0.05, 0) is 73.1 Å². The second kappa shape index (κ2) is 10.0. The van der Waals surface area contributed by atoms with E-state index in [1.165, 1.54) is 18.6 Å². The first-order valence-corrected chi connectivity index (χ1v) is 12.0. The zero-order valence-corrected chi connectivity index (χ0v) is 19.3. The Kier molecular flexibility index (Phi) is 7.14. The number of nitrogens with one attached hydrogen (secondary N) is 1. The molecule has 2 atom stereocenters. The second-order valence-electron chi connectivity index (χ2n) is 9.83. The van der Waals surface area contributed by atoms with Gasteiger partial charge in [0.25, 0.3) is 0 Å². The molecule has 4 nitrogen and oxygen atoms in total. The maximum absolute atomic E-state index is 13.4. The molecule has 1 aliphatic carbocycles. The molecule has 2 aromatic rings. The molecule has 1 saturated heterocycles. The van der Waals surface area contributed by atoms with Crippen LogP contribution in [0.4, 0.5) is 10.1 Å². The Labute approximate surface area is 191 Å². The van der Waals surface area contributed by atoms with Crippen LogP contribution >= 0.6 is 0 Å². The molecule has 2 aromatic carbocycles. The highest BCUT2D eigenvalue weighted by atomic mass is 19.1. The molecule has 1 aliphatic heterocycles. The first-order valence-electron chi connectivity index (χ1n) is 12.0. The maximum Gasteiger partial charge on any atom is 0.235 e. The molecular weight excluding hydrogens is 403 g/mol. The monoisotopic (exact) mass is 438 g/mol. The smallest absolute Gasteiger partial charge is 0.235 e. The van der Waals surface area contributed by atoms with Crippen LogP contribution < -0.4 is 10.1 Å². The van der Waals surface area contributed by atoms with E-state index >= 15 is 0 Å². The van der Waals surface area contributed by atoms with Gasteiger partial charge in [0.05, 0.1) is 5.41 Å². The van der Waals surface area contributed by atoms with E-state index in [9.17, 15) is 9.18 Å². The van der Waals surface area contributed by atoms with Gasteiger partial charge in [0, 0.05) is 25.3 Å². The van der Waals surface area contributed by atoms with Gasteiger partial charge in [0.1, 0.15) is 18.2 Å². The topological polar surface area (TPSA) is 41.6 Å². The number of hydrogen-bond acceptors (Lipinski definition) is 3. The third-order valence-corrected chi connectivity index (χ3v) is 7.02. The Hall–Kier alpha value is -2.40. The number of amides is 1. The Morgan fingerprint density at radius 3 is 2.28 bits per heavy atom. The Balaban J connectivity index is 1.32. The molecule has 1 N–H and O–H groups in total. The standard InChI is InChI=1S/C27H35FN2O2/c1-20-17-21(2)19-30(18-20)15-16-32-25-11-9-24(10-12-25)29-26(31)27(13-3-4-14-27)22-5-7-23(28)8-6-22/h5-12,20-21H,3-4,13-19H2,1-2H3,(H,29,31). The lowest BCUT2D eigenvalue weighted by Gasteiger charge is -2.34. The van der Waals surface area contributed by atoms with Gasteiger partial charge in [-0.2, -0.15) is 0 Å². The highest BCUT2D eigenvalue weighted by Gasteiger charge is 2.42. The second-order valence-corrected chi connectivity index (χ2v) is 9.83. The van der Waals surface area contributed by atoms with Crippen LogP contribution in [0.25, 0.3) is 0 Å². The van der Waals surface area contributed by atoms with Gasteiger partial charge in [0.15, 0.2) is 0 Å². The van der Waals surface area contributed by atoms with E-state index in [-0.39, 0.29) is 11.7 Å². The molecule has 172 valence electrons. The van der Waals surface area contributed by atoms with Crippen molar-refractivity contribution in [3.05, 3.63) is 59.9 Å². The molecule has 4 rings (SSSR count). The van der Waals surface area contributed by atoms with Crippen molar-refractivity contribution in [1.82, 2.24) is 4.90 Å². The molecule has 1 heterocycles. The first-order chi connectivity index (χ1) is 15.4. The summed E-state index contributed by atoms with van der Waals surface area (Å²) in [6, 6.07) is 14.0. The number of carbonyl (C=O) groups excluding carboxylic acids is 1. The fourth-order valence-electron chi connectivity index (χ4n) is 5.55. The third kappa shape index (κ3) is 5.32. The zero-order valence-electron chi connectivity index (χ0n) is 19.3. The largest absolute Gasteiger partial charge is 0.492 e. The lowest BCUT2D eigenvalue weighted by atomic mass is 9.78. The minimum atomic E-state index is -0.578. The molecular formula is C27H35FN2O2. The molecule has 0 aromatic heterocycles. The van der Waals surface area contributed by atoms with E-state index in [1.807, 2.05) is 24.3 Å². The quantitative estimate of drug-likeness (QED) is 0.609. The minimum Gasteiger partial charge on any atom is -0.492 e. The van der Waals surface area contributed by atoms with Gasteiger partial charge in [-0.1, -0.05) is 38.8 Å². The highest BCUT2D eigenvalue weighted by molar-refractivity contribution is 5.99. The van der Waals surface area contributed by atoms with E-state index in [4.69, 9.17) is 4.74 Å². The fraction of sp³-hybridized carbons (Fsp3) is 0.519. The van der Waals surface area contributed by atoms with E-state index in [0.29, 0.717) is 6.61 Å². The van der Waals surface area contributed by atoms with Crippen molar-refractivity contribution in [2.24, 2.45) is 11.8 Å². The zero-order chi connectivity index (χ0) is 22.6. The summed E-state index contributed by atoms with van der Waals surface area (Å²) in [5, 5.41) is 3.09. The highest BCUT2D eigenvalue weighted by Crippen LogP contribution is 2.42. The van der Waals surface area contributed by atoms with Crippen molar-refractivity contribution < 1.29 is 13.9 Å². The number of piperidine rings is 1. The number of benzene rings is 2. The predicted molar refractivity (Wildman–Crippen MR) is 126 cm³/mol. The van der Waals surface area contributed by atoms with Crippen LogP contribution in [0.5, 0.6) is 5.75 Å². The number of rotatable bonds is 7. The van der Waals surface area contributed by atoms with Gasteiger partial charge in [-0.15, -0.1) is 0 Å². The number of halogens is 1. The Morgan fingerprint density at radius 1 is 1.03 bits per heavy atom. The third-order valence-electron chi connectivity index (χ3n) is 7.02. The molecule has 5 heteroatoms. The van der Waals surface area contributed by atoms with Crippen LogP contribution in [0.2, 0.25) is 0 Å². The van der Waals surface area contributed by atoms with Gasteiger partial charge in [0.2, 0.25) is 5.91 Å². The molecule has 1 amide bonds. The van der Waals surface area contributed by atoms with Gasteiger partial charge >= 0.3 is 0 Å². The summed E-state index contributed by atoms with van der Waals surface area (Å²) in [5.41, 5.74) is 1.08. The summed E-state index contributed by atoms with van der Waals surface area (Å²) in [6.07, 6.45) is 4.91. The molecule has 0 spiro atoms. The number of ether oxygens (including phenoxy) is 1. The molecule has 1 saturated carbocycles. The molecule has 0 bridgehead atoms. The van der Waals surface area contributed by atoms with Gasteiger partial charge in [-0.3, -0.25) is 9.69 Å². The van der Waals surface area contributed by atoms with Crippen LogP contribution in [0.3, 0.4) is 0 Å². The van der Waals surface area contributed by atoms with Gasteiger partial charge in [-0.25, -0.2) is 4.39 Å². The first kappa shape index (κ1) is 22.8. The summed E-state index contributed by atoms with van der Waals surface area (Å²) >= 11 is 0. The maximum atomic E-state index is 13.4. The number of nitrogens with zero attached hydrogens (tertiary/aromatic N) is 1. The normalized spacial score (nSPS) is 23.1. The summed E-state index contributed by atoms with van der Waals surface area (Å²) in [7, 11) is 0. The van der Waals surface area contributed by atoms with Crippen molar-refractivity contribution in [2.45, 2.75) is 51.4 Å². The lowest BCUT2D eigenvalue weighted by Crippen LogP contribution is -2.40. The van der Waals surface area contributed by atoms with Crippen LogP contribution in [0.15, 0.2) is 48.5 Å². The van der Waals surface area contributed by atoms with E-state index in [1.54, 1.807) is 12.1 Å². The van der Waals surface area contributed by atoms with Crippen LogP contribution in [-0.4, -0.2) is 37.0 Å². The van der Waals surface area contributed by atoms with Crippen molar-refractivity contribution in [1.29, 1.82) is 0 Å². The summed E-state index contributed by atoms with van der Waals surface area (Å²) in [4.78, 5) is 15.8. The van der Waals surface area contributed by atoms with Crippen molar-refractivity contribution in [3.63, 3.8) is 0 Å². The van der Waals surface area contributed by atoms with E-state index in [0.717, 1.165) is 74.2 Å². The van der Waals surface area contributed by atoms with Crippen molar-refractivity contribution >= 4 is 11.6 Å². The SMILES string of the molecule is CC1CC(C)CN(CCOc2ccc(NC(=O)C3(c4ccc(F)cc4)CCCC3)cc2)C1. The summed E-state index contributed by atoms with van der Waals surface area (Å²) in [5.74, 6) is 2.03. The molecule has 2 aliphatic rings. The number of carbonyl (C=O) groups is 1. The number of likely N-dealkylation sites (tertiary alicyclic amines) is 1. The molecule has 0 radical (unpaired) electrons. The minimum absolute atomic E-state index is 0.0105. The number of hydrogen-bond donors (Lipinski definition) is 1. The molecule has 2 unspecified atom stereocenters. The molecule has 2 fully saturated rings. The van der Waals surface area contributed by atoms with Crippen LogP contribution in [0, 0.1) is 17.7 Å². The van der Waals surface area contributed by atoms with Gasteiger partial charge < -0.3 is 10.1 Å². The Morgan fingerprint density at radius 2 is 1.66 bits per heavy atom. The predicted octanol–water partition coefficient (Wildman–Crippen LogP) is 5.63. The lowest BCUT2D eigenvalue weighted by molar-refractivity contribution is -0.121. The van der Waals surface area contributed by atoms with Crippen molar-refractivity contribution in [2.75, 3.05) is 31.6 Å². The molecule has 32 heavy (non-hydrogen) atoms.